The highest BCUT2D eigenvalue weighted by atomic mass is 79.9. The van der Waals surface area contributed by atoms with Crippen LogP contribution in [0, 0.1) is 0 Å². The molecule has 1 amide bonds. The number of aliphatic hydroxyl groups excluding tert-OH is 1. The predicted molar refractivity (Wildman–Crippen MR) is 124 cm³/mol. The molecule has 0 radical (unpaired) electrons. The second-order valence-corrected chi connectivity index (χ2v) is 8.22. The van der Waals surface area contributed by atoms with Gasteiger partial charge in [0, 0.05) is 23.1 Å². The first-order valence-corrected chi connectivity index (χ1v) is 11.1. The number of ether oxygens (including phenoxy) is 1. The van der Waals surface area contributed by atoms with E-state index in [4.69, 9.17) is 4.74 Å². The van der Waals surface area contributed by atoms with Crippen molar-refractivity contribution < 1.29 is 19.4 Å². The van der Waals surface area contributed by atoms with E-state index in [2.05, 4.69) is 34.7 Å². The number of likely N-dealkylation sites (tertiary alicyclic amines) is 1. The minimum absolute atomic E-state index is 0.108. The smallest absolute Gasteiger partial charge is 0.295 e. The number of hydrogen-bond acceptors (Lipinski definition) is 5. The minimum Gasteiger partial charge on any atom is -0.507 e. The largest absolute Gasteiger partial charge is 0.507 e. The van der Waals surface area contributed by atoms with E-state index in [1.807, 2.05) is 12.1 Å². The fourth-order valence-corrected chi connectivity index (χ4v) is 4.06. The van der Waals surface area contributed by atoms with Crippen LogP contribution in [0.3, 0.4) is 0 Å². The molecule has 0 spiro atoms. The zero-order valence-electron chi connectivity index (χ0n) is 18.0. The molecule has 1 N–H and O–H groups in total. The molecule has 3 rings (SSSR count). The number of nitrogens with zero attached hydrogens (tertiary/aromatic N) is 2. The van der Waals surface area contributed by atoms with E-state index in [-0.39, 0.29) is 11.3 Å². The first-order valence-electron chi connectivity index (χ1n) is 10.3. The molecule has 6 nitrogen and oxygen atoms in total. The Morgan fingerprint density at radius 3 is 2.23 bits per heavy atom. The van der Waals surface area contributed by atoms with Crippen molar-refractivity contribution in [2.75, 3.05) is 33.3 Å². The van der Waals surface area contributed by atoms with Crippen LogP contribution in [0.1, 0.15) is 31.0 Å². The van der Waals surface area contributed by atoms with Gasteiger partial charge in [0.05, 0.1) is 18.7 Å². The van der Waals surface area contributed by atoms with Gasteiger partial charge < -0.3 is 19.6 Å². The Kier molecular flexibility index (Phi) is 7.51. The van der Waals surface area contributed by atoms with E-state index in [1.54, 1.807) is 48.4 Å². The molecule has 1 unspecified atom stereocenters. The van der Waals surface area contributed by atoms with Crippen LogP contribution < -0.4 is 4.74 Å². The number of hydrogen-bond donors (Lipinski definition) is 1. The molecule has 1 atom stereocenters. The average molecular weight is 487 g/mol. The summed E-state index contributed by atoms with van der Waals surface area (Å²) < 4.78 is 6.10. The molecule has 2 aromatic carbocycles. The molecule has 1 fully saturated rings. The molecule has 1 saturated heterocycles. The summed E-state index contributed by atoms with van der Waals surface area (Å²) in [7, 11) is 1.58. The lowest BCUT2D eigenvalue weighted by molar-refractivity contribution is -0.140. The van der Waals surface area contributed by atoms with Crippen molar-refractivity contribution in [2.45, 2.75) is 19.9 Å². The van der Waals surface area contributed by atoms with Gasteiger partial charge in [0.1, 0.15) is 11.5 Å². The summed E-state index contributed by atoms with van der Waals surface area (Å²) in [6.45, 7) is 6.86. The average Bonchev–Trinajstić information content (AvgIpc) is 3.04. The number of carbonyl (C=O) groups excluding carboxylic acids is 2. The van der Waals surface area contributed by atoms with E-state index in [0.29, 0.717) is 24.4 Å². The number of rotatable bonds is 8. The molecule has 1 aliphatic rings. The van der Waals surface area contributed by atoms with Gasteiger partial charge in [-0.1, -0.05) is 54.0 Å². The molecule has 2 aromatic rings. The van der Waals surface area contributed by atoms with Gasteiger partial charge in [0.25, 0.3) is 11.7 Å². The van der Waals surface area contributed by atoms with E-state index in [1.165, 1.54) is 0 Å². The third-order valence-electron chi connectivity index (χ3n) is 5.64. The number of ketones is 1. The molecular formula is C24H27BrN2O4. The normalized spacial score (nSPS) is 18.1. The lowest BCUT2D eigenvalue weighted by atomic mass is 9.95. The summed E-state index contributed by atoms with van der Waals surface area (Å²) >= 11 is 3.38. The van der Waals surface area contributed by atoms with Crippen LogP contribution in [0.15, 0.2) is 58.6 Å². The van der Waals surface area contributed by atoms with Crippen LogP contribution in [-0.2, 0) is 9.59 Å². The van der Waals surface area contributed by atoms with E-state index < -0.39 is 17.7 Å². The highest BCUT2D eigenvalue weighted by molar-refractivity contribution is 9.10. The Morgan fingerprint density at radius 1 is 1.06 bits per heavy atom. The first-order chi connectivity index (χ1) is 14.9. The molecule has 1 aliphatic heterocycles. The van der Waals surface area contributed by atoms with E-state index in [9.17, 15) is 14.7 Å². The summed E-state index contributed by atoms with van der Waals surface area (Å²) in [4.78, 5) is 29.8. The van der Waals surface area contributed by atoms with Crippen molar-refractivity contribution in [3.63, 3.8) is 0 Å². The van der Waals surface area contributed by atoms with Gasteiger partial charge in [0.2, 0.25) is 0 Å². The Morgan fingerprint density at radius 2 is 1.68 bits per heavy atom. The summed E-state index contributed by atoms with van der Waals surface area (Å²) in [5.41, 5.74) is 1.35. The van der Waals surface area contributed by atoms with Gasteiger partial charge in [-0.3, -0.25) is 9.59 Å². The second kappa shape index (κ2) is 10.1. The Balaban J connectivity index is 2.08. The van der Waals surface area contributed by atoms with Crippen LogP contribution in [0.5, 0.6) is 5.75 Å². The number of halogens is 1. The molecule has 31 heavy (non-hydrogen) atoms. The minimum atomic E-state index is -0.666. The fourth-order valence-electron chi connectivity index (χ4n) is 3.80. The molecule has 1 heterocycles. The summed E-state index contributed by atoms with van der Waals surface area (Å²) in [5, 5.41) is 11.0. The molecular weight excluding hydrogens is 460 g/mol. The highest BCUT2D eigenvalue weighted by Gasteiger charge is 2.45. The monoisotopic (exact) mass is 486 g/mol. The van der Waals surface area contributed by atoms with Crippen LogP contribution >= 0.6 is 15.9 Å². The zero-order chi connectivity index (χ0) is 22.5. The van der Waals surface area contributed by atoms with Gasteiger partial charge in [-0.15, -0.1) is 0 Å². The van der Waals surface area contributed by atoms with E-state index in [0.717, 1.165) is 23.1 Å². The first kappa shape index (κ1) is 23.0. The van der Waals surface area contributed by atoms with Gasteiger partial charge >= 0.3 is 0 Å². The number of likely N-dealkylation sites (N-methyl/N-ethyl adjacent to an activating group) is 1. The molecule has 7 heteroatoms. The van der Waals surface area contributed by atoms with E-state index >= 15 is 0 Å². The maximum Gasteiger partial charge on any atom is 0.295 e. The summed E-state index contributed by atoms with van der Waals surface area (Å²) in [5.74, 6) is -0.749. The topological polar surface area (TPSA) is 70.1 Å². The fraction of sp³-hybridized carbons (Fsp3) is 0.333. The van der Waals surface area contributed by atoms with Crippen molar-refractivity contribution in [2.24, 2.45) is 0 Å². The second-order valence-electron chi connectivity index (χ2n) is 7.30. The third-order valence-corrected chi connectivity index (χ3v) is 6.17. The van der Waals surface area contributed by atoms with Gasteiger partial charge in [-0.05, 0) is 42.9 Å². The SMILES string of the molecule is CCN(CC)CCN1C(=O)C(=O)/C(=C(\O)c2ccc(Br)cc2)C1c1ccc(OC)cc1. The lowest BCUT2D eigenvalue weighted by Crippen LogP contribution is -2.38. The molecule has 164 valence electrons. The van der Waals surface area contributed by atoms with Crippen LogP contribution in [-0.4, -0.2) is 59.9 Å². The Hall–Kier alpha value is -2.64. The summed E-state index contributed by atoms with van der Waals surface area (Å²) in [6.07, 6.45) is 0. The number of benzene rings is 2. The van der Waals surface area contributed by atoms with Crippen LogP contribution in [0.2, 0.25) is 0 Å². The zero-order valence-corrected chi connectivity index (χ0v) is 19.6. The molecule has 0 bridgehead atoms. The van der Waals surface area contributed by atoms with Crippen molar-refractivity contribution in [3.05, 3.63) is 69.7 Å². The number of methoxy groups -OCH3 is 1. The lowest BCUT2D eigenvalue weighted by Gasteiger charge is -2.28. The van der Waals surface area contributed by atoms with Gasteiger partial charge in [-0.2, -0.15) is 0 Å². The predicted octanol–water partition coefficient (Wildman–Crippen LogP) is 4.22. The highest BCUT2D eigenvalue weighted by Crippen LogP contribution is 2.39. The van der Waals surface area contributed by atoms with Crippen molar-refractivity contribution in [3.8, 4) is 5.75 Å². The summed E-state index contributed by atoms with van der Waals surface area (Å²) in [6, 6.07) is 13.6. The maximum atomic E-state index is 13.0. The Labute approximate surface area is 191 Å². The molecule has 0 aliphatic carbocycles. The number of Topliss-reactive ketones (excluding diaryl/α,β-unsaturated/α-hetero) is 1. The van der Waals surface area contributed by atoms with Crippen LogP contribution in [0.25, 0.3) is 5.76 Å². The van der Waals surface area contributed by atoms with Gasteiger partial charge in [0.15, 0.2) is 0 Å². The Bertz CT molecular complexity index is 966. The number of aliphatic hydroxyl groups is 1. The van der Waals surface area contributed by atoms with Gasteiger partial charge in [-0.25, -0.2) is 0 Å². The van der Waals surface area contributed by atoms with Crippen molar-refractivity contribution in [1.29, 1.82) is 0 Å². The molecule has 0 aromatic heterocycles. The standard InChI is InChI=1S/C24H27BrN2O4/c1-4-26(5-2)14-15-27-21(16-8-12-19(31-3)13-9-16)20(23(29)24(27)30)22(28)17-6-10-18(25)11-7-17/h6-13,21,28H,4-5,14-15H2,1-3H3/b22-20-. The van der Waals surface area contributed by atoms with Crippen LogP contribution in [0.4, 0.5) is 0 Å². The maximum absolute atomic E-state index is 13.0. The molecule has 0 saturated carbocycles. The number of amides is 1. The third kappa shape index (κ3) is 4.83. The van der Waals surface area contributed by atoms with Crippen molar-refractivity contribution >= 4 is 33.4 Å². The van der Waals surface area contributed by atoms with Crippen molar-refractivity contribution in [1.82, 2.24) is 9.80 Å². The quantitative estimate of drug-likeness (QED) is 0.343. The number of carbonyl (C=O) groups is 2.